The molecule has 4 aromatic rings. The average Bonchev–Trinajstić information content (AvgIpc) is 3.17. The van der Waals surface area contributed by atoms with Gasteiger partial charge in [-0.15, -0.1) is 0 Å². The minimum Gasteiger partial charge on any atom is -0.362 e. The molecule has 0 aliphatic heterocycles. The predicted molar refractivity (Wildman–Crippen MR) is 123 cm³/mol. The van der Waals surface area contributed by atoms with Crippen LogP contribution in [0.15, 0.2) is 67.3 Å². The number of aromatic nitrogens is 4. The summed E-state index contributed by atoms with van der Waals surface area (Å²) < 4.78 is 1.87. The number of benzene rings is 2. The topological polar surface area (TPSA) is 84.7 Å². The fourth-order valence-corrected chi connectivity index (χ4v) is 3.17. The summed E-state index contributed by atoms with van der Waals surface area (Å²) in [6.07, 6.45) is 5.12. The van der Waals surface area contributed by atoms with Gasteiger partial charge in [0.25, 0.3) is 0 Å². The Morgan fingerprint density at radius 2 is 1.84 bits per heavy atom. The first-order chi connectivity index (χ1) is 14.8. The number of nitrogens with one attached hydrogen (secondary N) is 2. The normalized spacial score (nSPS) is 12.5. The number of carbonyl (C=O) groups excluding carboxylic acids is 1. The highest BCUT2D eigenvalue weighted by molar-refractivity contribution is 5.96. The highest BCUT2D eigenvalue weighted by atomic mass is 16.2. The lowest BCUT2D eigenvalue weighted by molar-refractivity contribution is -0.123. The van der Waals surface area contributed by atoms with Gasteiger partial charge in [0.05, 0.1) is 23.4 Å². The van der Waals surface area contributed by atoms with Crippen LogP contribution in [0.5, 0.6) is 0 Å². The highest BCUT2D eigenvalue weighted by Crippen LogP contribution is 2.24. The Balaban J connectivity index is 1.62. The summed E-state index contributed by atoms with van der Waals surface area (Å²) in [4.78, 5) is 25.9. The lowest BCUT2D eigenvalue weighted by Gasteiger charge is -2.17. The van der Waals surface area contributed by atoms with Gasteiger partial charge in [0, 0.05) is 17.1 Å². The molecule has 1 atom stereocenters. The van der Waals surface area contributed by atoms with Crippen molar-refractivity contribution in [2.24, 2.45) is 5.41 Å². The molecule has 2 N–H and O–H groups in total. The molecule has 0 aliphatic carbocycles. The van der Waals surface area contributed by atoms with Gasteiger partial charge in [0.2, 0.25) is 5.91 Å². The number of anilines is 2. The zero-order valence-corrected chi connectivity index (χ0v) is 18.1. The molecule has 7 nitrogen and oxygen atoms in total. The summed E-state index contributed by atoms with van der Waals surface area (Å²) in [6, 6.07) is 15.9. The quantitative estimate of drug-likeness (QED) is 0.481. The number of hydrogen-bond donors (Lipinski definition) is 2. The standard InChI is InChI=1S/C24H26N6O/c1-16(17-8-6-5-7-9-17)27-21-13-25-14-22(29-21)30-15-26-19-11-10-18(12-20(19)30)28-23(31)24(2,3)4/h5-16H,1-4H3,(H,27,29)(H,28,31)/t16-/m0/s1. The van der Waals surface area contributed by atoms with Gasteiger partial charge in [-0.3, -0.25) is 14.3 Å². The lowest BCUT2D eigenvalue weighted by Crippen LogP contribution is -2.27. The molecular weight excluding hydrogens is 388 g/mol. The molecule has 0 unspecified atom stereocenters. The summed E-state index contributed by atoms with van der Waals surface area (Å²) in [5, 5.41) is 6.37. The number of amides is 1. The van der Waals surface area contributed by atoms with Crippen LogP contribution in [0.4, 0.5) is 11.5 Å². The van der Waals surface area contributed by atoms with E-state index in [1.54, 1.807) is 18.7 Å². The van der Waals surface area contributed by atoms with Crippen molar-refractivity contribution in [3.8, 4) is 5.82 Å². The molecule has 158 valence electrons. The molecule has 0 spiro atoms. The molecule has 0 saturated heterocycles. The molecule has 4 rings (SSSR count). The Morgan fingerprint density at radius 1 is 1.06 bits per heavy atom. The van der Waals surface area contributed by atoms with Gasteiger partial charge in [-0.2, -0.15) is 0 Å². The van der Waals surface area contributed by atoms with E-state index in [0.29, 0.717) is 17.3 Å². The fraction of sp³-hybridized carbons (Fsp3) is 0.250. The second kappa shape index (κ2) is 8.18. The second-order valence-corrected chi connectivity index (χ2v) is 8.56. The van der Waals surface area contributed by atoms with Gasteiger partial charge >= 0.3 is 0 Å². The fourth-order valence-electron chi connectivity index (χ4n) is 3.17. The Bertz CT molecular complexity index is 1210. The van der Waals surface area contributed by atoms with Crippen molar-refractivity contribution in [2.75, 3.05) is 10.6 Å². The zero-order valence-electron chi connectivity index (χ0n) is 18.1. The maximum atomic E-state index is 12.4. The van der Waals surface area contributed by atoms with Crippen LogP contribution in [-0.2, 0) is 4.79 Å². The van der Waals surface area contributed by atoms with Gasteiger partial charge in [-0.25, -0.2) is 9.97 Å². The minimum atomic E-state index is -0.476. The monoisotopic (exact) mass is 414 g/mol. The van der Waals surface area contributed by atoms with Gasteiger partial charge in [-0.1, -0.05) is 51.1 Å². The van der Waals surface area contributed by atoms with Crippen molar-refractivity contribution in [3.05, 3.63) is 72.8 Å². The van der Waals surface area contributed by atoms with Crippen LogP contribution < -0.4 is 10.6 Å². The van der Waals surface area contributed by atoms with Crippen LogP contribution in [0.1, 0.15) is 39.3 Å². The number of imidazole rings is 1. The third-order valence-electron chi connectivity index (χ3n) is 5.02. The van der Waals surface area contributed by atoms with Gasteiger partial charge in [0.15, 0.2) is 5.82 Å². The van der Waals surface area contributed by atoms with Gasteiger partial charge in [-0.05, 0) is 30.7 Å². The summed E-state index contributed by atoms with van der Waals surface area (Å²) >= 11 is 0. The number of rotatable bonds is 5. The van der Waals surface area contributed by atoms with Crippen LogP contribution in [-0.4, -0.2) is 25.4 Å². The Kier molecular flexibility index (Phi) is 5.42. The third-order valence-corrected chi connectivity index (χ3v) is 5.02. The molecule has 2 aromatic carbocycles. The van der Waals surface area contributed by atoms with E-state index in [1.165, 1.54) is 5.56 Å². The number of nitrogens with zero attached hydrogens (tertiary/aromatic N) is 4. The number of carbonyl (C=O) groups is 1. The van der Waals surface area contributed by atoms with Crippen molar-refractivity contribution >= 4 is 28.4 Å². The first-order valence-electron chi connectivity index (χ1n) is 10.2. The molecule has 0 saturated carbocycles. The summed E-state index contributed by atoms with van der Waals surface area (Å²) in [5.74, 6) is 1.28. The summed E-state index contributed by atoms with van der Waals surface area (Å²) in [7, 11) is 0. The first-order valence-corrected chi connectivity index (χ1v) is 10.2. The zero-order chi connectivity index (χ0) is 22.0. The van der Waals surface area contributed by atoms with Crippen molar-refractivity contribution in [1.82, 2.24) is 19.5 Å². The van der Waals surface area contributed by atoms with Crippen molar-refractivity contribution in [3.63, 3.8) is 0 Å². The van der Waals surface area contributed by atoms with Crippen LogP contribution in [0, 0.1) is 5.41 Å². The van der Waals surface area contributed by atoms with E-state index >= 15 is 0 Å². The molecule has 7 heteroatoms. The second-order valence-electron chi connectivity index (χ2n) is 8.56. The molecule has 0 fully saturated rings. The number of hydrogen-bond acceptors (Lipinski definition) is 5. The predicted octanol–water partition coefficient (Wildman–Crippen LogP) is 4.97. The summed E-state index contributed by atoms with van der Waals surface area (Å²) in [6.45, 7) is 7.74. The highest BCUT2D eigenvalue weighted by Gasteiger charge is 2.21. The van der Waals surface area contributed by atoms with E-state index in [0.717, 1.165) is 11.0 Å². The van der Waals surface area contributed by atoms with E-state index < -0.39 is 5.41 Å². The largest absolute Gasteiger partial charge is 0.362 e. The van der Waals surface area contributed by atoms with Crippen molar-refractivity contribution in [2.45, 2.75) is 33.7 Å². The summed E-state index contributed by atoms with van der Waals surface area (Å²) in [5.41, 5.74) is 3.06. The molecular formula is C24H26N6O. The van der Waals surface area contributed by atoms with Crippen LogP contribution >= 0.6 is 0 Å². The molecule has 31 heavy (non-hydrogen) atoms. The molecule has 0 radical (unpaired) electrons. The van der Waals surface area contributed by atoms with E-state index in [-0.39, 0.29) is 11.9 Å². The Labute approximate surface area is 181 Å². The minimum absolute atomic E-state index is 0.0428. The maximum Gasteiger partial charge on any atom is 0.229 e. The first kappa shape index (κ1) is 20.5. The lowest BCUT2D eigenvalue weighted by atomic mass is 9.95. The van der Waals surface area contributed by atoms with Crippen LogP contribution in [0.25, 0.3) is 16.9 Å². The van der Waals surface area contributed by atoms with Gasteiger partial charge < -0.3 is 10.6 Å². The van der Waals surface area contributed by atoms with E-state index in [4.69, 9.17) is 4.98 Å². The Morgan fingerprint density at radius 3 is 2.58 bits per heavy atom. The molecule has 0 bridgehead atoms. The molecule has 2 heterocycles. The van der Waals surface area contributed by atoms with E-state index in [9.17, 15) is 4.79 Å². The SMILES string of the molecule is C[C@H](Nc1cncc(-n2cnc3ccc(NC(=O)C(C)(C)C)cc32)n1)c1ccccc1. The smallest absolute Gasteiger partial charge is 0.229 e. The molecule has 0 aliphatic rings. The maximum absolute atomic E-state index is 12.4. The molecule has 2 aromatic heterocycles. The third kappa shape index (κ3) is 4.55. The number of fused-ring (bicyclic) bond motifs is 1. The van der Waals surface area contributed by atoms with Crippen molar-refractivity contribution in [1.29, 1.82) is 0 Å². The van der Waals surface area contributed by atoms with Gasteiger partial charge in [0.1, 0.15) is 12.1 Å². The average molecular weight is 415 g/mol. The van der Waals surface area contributed by atoms with E-state index in [2.05, 4.69) is 39.7 Å². The van der Waals surface area contributed by atoms with Crippen molar-refractivity contribution < 1.29 is 4.79 Å². The molecule has 1 amide bonds. The Hall–Kier alpha value is -3.74. The van der Waals surface area contributed by atoms with E-state index in [1.807, 2.05) is 61.7 Å². The van der Waals surface area contributed by atoms with Crippen LogP contribution in [0.3, 0.4) is 0 Å². The van der Waals surface area contributed by atoms with Crippen LogP contribution in [0.2, 0.25) is 0 Å².